The number of anilines is 1. The Morgan fingerprint density at radius 1 is 1.32 bits per heavy atom. The number of carboxylic acids is 1. The fourth-order valence-electron chi connectivity index (χ4n) is 1.39. The summed E-state index contributed by atoms with van der Waals surface area (Å²) in [7, 11) is -1.47. The molecule has 2 atom stereocenters. The maximum Gasteiger partial charge on any atom is 0.307 e. The Labute approximate surface area is 114 Å². The number of rotatable bonds is 6. The van der Waals surface area contributed by atoms with Crippen LogP contribution in [0.25, 0.3) is 0 Å². The van der Waals surface area contributed by atoms with E-state index in [4.69, 9.17) is 5.11 Å². The third kappa shape index (κ3) is 5.65. The number of carbonyl (C=O) groups excluding carboxylic acids is 1. The number of aliphatic carboxylic acids is 1. The fraction of sp³-hybridized carbons (Fsp3) is 0.385. The van der Waals surface area contributed by atoms with Crippen molar-refractivity contribution in [3.8, 4) is 0 Å². The van der Waals surface area contributed by atoms with Crippen molar-refractivity contribution >= 4 is 28.4 Å². The molecule has 1 rings (SSSR count). The zero-order valence-corrected chi connectivity index (χ0v) is 11.7. The van der Waals surface area contributed by atoms with E-state index in [2.05, 4.69) is 5.32 Å². The van der Waals surface area contributed by atoms with Crippen LogP contribution < -0.4 is 5.32 Å². The molecule has 0 heterocycles. The van der Waals surface area contributed by atoms with Gasteiger partial charge in [-0.15, -0.1) is 0 Å². The molecule has 0 aromatic heterocycles. The van der Waals surface area contributed by atoms with Gasteiger partial charge in [-0.3, -0.25) is 13.8 Å². The lowest BCUT2D eigenvalue weighted by molar-refractivity contribution is -0.140. The fourth-order valence-corrected chi connectivity index (χ4v) is 2.57. The number of hydrogen-bond donors (Lipinski definition) is 2. The van der Waals surface area contributed by atoms with Gasteiger partial charge in [0.25, 0.3) is 0 Å². The molecule has 5 nitrogen and oxygen atoms in total. The number of carboxylic acid groups (broad SMARTS) is 1. The summed E-state index contributed by atoms with van der Waals surface area (Å²) in [5.41, 5.74) is 1.72. The Balaban J connectivity index is 2.45. The third-order valence-corrected chi connectivity index (χ3v) is 3.94. The minimum atomic E-state index is -1.47. The first-order valence-corrected chi connectivity index (χ1v) is 7.31. The molecule has 0 aliphatic heterocycles. The molecule has 0 saturated carbocycles. The van der Waals surface area contributed by atoms with Crippen LogP contribution in [0, 0.1) is 12.8 Å². The van der Waals surface area contributed by atoms with Crippen LogP contribution in [-0.4, -0.2) is 32.7 Å². The predicted octanol–water partition coefficient (Wildman–Crippen LogP) is 1.40. The SMILES string of the molecule is Cc1ccc(NC(=O)CS(=O)CC(C)C(=O)O)cc1. The van der Waals surface area contributed by atoms with Gasteiger partial charge in [-0.05, 0) is 19.1 Å². The Morgan fingerprint density at radius 2 is 1.89 bits per heavy atom. The highest BCUT2D eigenvalue weighted by Crippen LogP contribution is 2.08. The lowest BCUT2D eigenvalue weighted by Gasteiger charge is -2.07. The second-order valence-electron chi connectivity index (χ2n) is 4.40. The number of hydrogen-bond acceptors (Lipinski definition) is 3. The zero-order valence-electron chi connectivity index (χ0n) is 10.9. The zero-order chi connectivity index (χ0) is 14.4. The Kier molecular flexibility index (Phi) is 5.69. The summed E-state index contributed by atoms with van der Waals surface area (Å²) in [6.07, 6.45) is 0. The van der Waals surface area contributed by atoms with Gasteiger partial charge in [0, 0.05) is 22.2 Å². The first kappa shape index (κ1) is 15.4. The van der Waals surface area contributed by atoms with Crippen molar-refractivity contribution in [2.75, 3.05) is 16.8 Å². The highest BCUT2D eigenvalue weighted by Gasteiger charge is 2.16. The third-order valence-electron chi connectivity index (χ3n) is 2.48. The number of aryl methyl sites for hydroxylation is 1. The van der Waals surface area contributed by atoms with Gasteiger partial charge in [0.15, 0.2) is 0 Å². The predicted molar refractivity (Wildman–Crippen MR) is 74.5 cm³/mol. The highest BCUT2D eigenvalue weighted by molar-refractivity contribution is 7.85. The molecule has 0 aliphatic rings. The summed E-state index contributed by atoms with van der Waals surface area (Å²) >= 11 is 0. The standard InChI is InChI=1S/C13H17NO4S/c1-9-3-5-11(6-4-9)14-12(15)8-19(18)7-10(2)13(16)17/h3-6,10H,7-8H2,1-2H3,(H,14,15)(H,16,17). The summed E-state index contributed by atoms with van der Waals surface area (Å²) in [6, 6.07) is 7.24. The van der Waals surface area contributed by atoms with Crippen molar-refractivity contribution in [3.05, 3.63) is 29.8 Å². The van der Waals surface area contributed by atoms with Crippen LogP contribution in [0.15, 0.2) is 24.3 Å². The van der Waals surface area contributed by atoms with Gasteiger partial charge in [0.1, 0.15) is 5.75 Å². The van der Waals surface area contributed by atoms with Gasteiger partial charge in [0.05, 0.1) is 5.92 Å². The number of amides is 1. The Bertz CT molecular complexity index is 484. The highest BCUT2D eigenvalue weighted by atomic mass is 32.2. The first-order valence-electron chi connectivity index (χ1n) is 5.83. The van der Waals surface area contributed by atoms with E-state index in [0.717, 1.165) is 5.56 Å². The quantitative estimate of drug-likeness (QED) is 0.826. The van der Waals surface area contributed by atoms with E-state index < -0.39 is 22.7 Å². The summed E-state index contributed by atoms with van der Waals surface area (Å²) < 4.78 is 11.6. The summed E-state index contributed by atoms with van der Waals surface area (Å²) in [6.45, 7) is 3.41. The van der Waals surface area contributed by atoms with E-state index >= 15 is 0 Å². The van der Waals surface area contributed by atoms with E-state index in [1.165, 1.54) is 6.92 Å². The molecule has 104 valence electrons. The minimum absolute atomic E-state index is 0.0172. The molecule has 0 radical (unpaired) electrons. The number of benzene rings is 1. The maximum atomic E-state index is 11.6. The lowest BCUT2D eigenvalue weighted by Crippen LogP contribution is -2.25. The van der Waals surface area contributed by atoms with E-state index in [1.54, 1.807) is 12.1 Å². The second kappa shape index (κ2) is 7.04. The van der Waals surface area contributed by atoms with Crippen LogP contribution in [0.4, 0.5) is 5.69 Å². The molecular formula is C13H17NO4S. The van der Waals surface area contributed by atoms with Crippen LogP contribution in [-0.2, 0) is 20.4 Å². The molecule has 2 N–H and O–H groups in total. The van der Waals surface area contributed by atoms with Crippen LogP contribution in [0.3, 0.4) is 0 Å². The van der Waals surface area contributed by atoms with Gasteiger partial charge in [0.2, 0.25) is 5.91 Å². The van der Waals surface area contributed by atoms with Gasteiger partial charge in [-0.2, -0.15) is 0 Å². The normalized spacial score (nSPS) is 13.6. The molecule has 6 heteroatoms. The first-order chi connectivity index (χ1) is 8.88. The van der Waals surface area contributed by atoms with E-state index in [-0.39, 0.29) is 17.4 Å². The van der Waals surface area contributed by atoms with Crippen LogP contribution in [0.2, 0.25) is 0 Å². The average Bonchev–Trinajstić information content (AvgIpc) is 2.31. The monoisotopic (exact) mass is 283 g/mol. The minimum Gasteiger partial charge on any atom is -0.481 e. The van der Waals surface area contributed by atoms with Gasteiger partial charge in [-0.1, -0.05) is 24.6 Å². The number of nitrogens with one attached hydrogen (secondary N) is 1. The number of carbonyl (C=O) groups is 2. The maximum absolute atomic E-state index is 11.6. The summed E-state index contributed by atoms with van der Waals surface area (Å²) in [4.78, 5) is 22.2. The van der Waals surface area contributed by atoms with Crippen molar-refractivity contribution in [2.24, 2.45) is 5.92 Å². The molecule has 0 fully saturated rings. The van der Waals surface area contributed by atoms with E-state index in [1.807, 2.05) is 19.1 Å². The van der Waals surface area contributed by atoms with E-state index in [9.17, 15) is 13.8 Å². The lowest BCUT2D eigenvalue weighted by atomic mass is 10.2. The molecule has 1 aromatic carbocycles. The molecule has 0 spiro atoms. The van der Waals surface area contributed by atoms with Crippen LogP contribution in [0.1, 0.15) is 12.5 Å². The Hall–Kier alpha value is -1.69. The van der Waals surface area contributed by atoms with Crippen molar-refractivity contribution < 1.29 is 18.9 Å². The van der Waals surface area contributed by atoms with Crippen molar-refractivity contribution in [2.45, 2.75) is 13.8 Å². The molecule has 1 amide bonds. The molecule has 2 unspecified atom stereocenters. The smallest absolute Gasteiger partial charge is 0.307 e. The van der Waals surface area contributed by atoms with E-state index in [0.29, 0.717) is 5.69 Å². The van der Waals surface area contributed by atoms with Crippen molar-refractivity contribution in [1.82, 2.24) is 0 Å². The van der Waals surface area contributed by atoms with Gasteiger partial charge < -0.3 is 10.4 Å². The molecule has 1 aromatic rings. The summed E-state index contributed by atoms with van der Waals surface area (Å²) in [5, 5.41) is 11.3. The van der Waals surface area contributed by atoms with Crippen molar-refractivity contribution in [3.63, 3.8) is 0 Å². The molecule has 0 saturated heterocycles. The molecule has 0 bridgehead atoms. The second-order valence-corrected chi connectivity index (χ2v) is 5.91. The largest absolute Gasteiger partial charge is 0.481 e. The van der Waals surface area contributed by atoms with Crippen LogP contribution in [0.5, 0.6) is 0 Å². The van der Waals surface area contributed by atoms with Crippen molar-refractivity contribution in [1.29, 1.82) is 0 Å². The van der Waals surface area contributed by atoms with Gasteiger partial charge >= 0.3 is 5.97 Å². The molecule has 0 aliphatic carbocycles. The average molecular weight is 283 g/mol. The van der Waals surface area contributed by atoms with Gasteiger partial charge in [-0.25, -0.2) is 0 Å². The molecule has 19 heavy (non-hydrogen) atoms. The Morgan fingerprint density at radius 3 is 2.42 bits per heavy atom. The topological polar surface area (TPSA) is 83.5 Å². The molecular weight excluding hydrogens is 266 g/mol. The summed E-state index contributed by atoms with van der Waals surface area (Å²) in [5.74, 6) is -2.30. The van der Waals surface area contributed by atoms with Crippen LogP contribution >= 0.6 is 0 Å².